The molecule has 6 heteroatoms. The number of fused-ring (bicyclic) bond motifs is 1. The van der Waals surface area contributed by atoms with Crippen molar-refractivity contribution in [1.29, 1.82) is 0 Å². The molecule has 0 radical (unpaired) electrons. The molecular weight excluding hydrogens is 366 g/mol. The minimum Gasteiger partial charge on any atom is -0.486 e. The molecule has 0 bridgehead atoms. The van der Waals surface area contributed by atoms with Gasteiger partial charge in [0.1, 0.15) is 13.2 Å². The Balaban J connectivity index is 1.28. The highest BCUT2D eigenvalue weighted by atomic mass is 16.6. The van der Waals surface area contributed by atoms with E-state index < -0.39 is 0 Å². The van der Waals surface area contributed by atoms with E-state index in [1.165, 1.54) is 11.3 Å². The molecule has 2 aliphatic heterocycles. The molecule has 0 N–H and O–H groups in total. The number of carbonyl (C=O) groups is 1. The molecule has 1 amide bonds. The summed E-state index contributed by atoms with van der Waals surface area (Å²) in [6, 6.07) is 14.4. The Hall–Kier alpha value is -2.73. The molecule has 2 aromatic rings. The Morgan fingerprint density at radius 2 is 1.72 bits per heavy atom. The van der Waals surface area contributed by atoms with Crippen LogP contribution in [0.4, 0.5) is 5.69 Å². The van der Waals surface area contributed by atoms with Crippen molar-refractivity contribution in [1.82, 2.24) is 9.80 Å². The molecule has 29 heavy (non-hydrogen) atoms. The van der Waals surface area contributed by atoms with Crippen LogP contribution in [0.2, 0.25) is 0 Å². The molecule has 1 fully saturated rings. The van der Waals surface area contributed by atoms with Crippen LogP contribution in [0.5, 0.6) is 11.5 Å². The molecule has 0 atom stereocenters. The summed E-state index contributed by atoms with van der Waals surface area (Å²) in [5.74, 6) is 1.69. The van der Waals surface area contributed by atoms with Gasteiger partial charge in [0, 0.05) is 45.5 Å². The normalized spacial score (nSPS) is 16.6. The molecule has 0 spiro atoms. The van der Waals surface area contributed by atoms with Gasteiger partial charge in [0.2, 0.25) is 5.91 Å². The van der Waals surface area contributed by atoms with Crippen molar-refractivity contribution in [2.45, 2.75) is 13.5 Å². The van der Waals surface area contributed by atoms with E-state index in [-0.39, 0.29) is 5.91 Å². The topological polar surface area (TPSA) is 45.2 Å². The number of ether oxygens (including phenoxy) is 2. The summed E-state index contributed by atoms with van der Waals surface area (Å²) < 4.78 is 11.2. The second kappa shape index (κ2) is 8.74. The maximum absolute atomic E-state index is 12.7. The zero-order valence-electron chi connectivity index (χ0n) is 17.3. The van der Waals surface area contributed by atoms with E-state index in [9.17, 15) is 4.79 Å². The van der Waals surface area contributed by atoms with Crippen molar-refractivity contribution in [2.75, 3.05) is 57.9 Å². The first kappa shape index (κ1) is 19.6. The zero-order valence-corrected chi connectivity index (χ0v) is 17.3. The molecule has 0 unspecified atom stereocenters. The van der Waals surface area contributed by atoms with Crippen LogP contribution in [0.25, 0.3) is 0 Å². The number of hydrogen-bond acceptors (Lipinski definition) is 5. The average molecular weight is 396 g/mol. The van der Waals surface area contributed by atoms with Crippen LogP contribution in [0.15, 0.2) is 42.5 Å². The van der Waals surface area contributed by atoms with E-state index in [4.69, 9.17) is 9.47 Å². The van der Waals surface area contributed by atoms with Crippen molar-refractivity contribution in [2.24, 2.45) is 0 Å². The first-order valence-electron chi connectivity index (χ1n) is 10.3. The minimum absolute atomic E-state index is 0.143. The molecular formula is C23H29N3O3. The number of amides is 1. The Labute approximate surface area is 172 Å². The summed E-state index contributed by atoms with van der Waals surface area (Å²) in [5, 5.41) is 0. The predicted molar refractivity (Wildman–Crippen MR) is 114 cm³/mol. The van der Waals surface area contributed by atoms with E-state index in [2.05, 4.69) is 41.0 Å². The highest BCUT2D eigenvalue weighted by Crippen LogP contribution is 2.31. The highest BCUT2D eigenvalue weighted by Gasteiger charge is 2.22. The van der Waals surface area contributed by atoms with Gasteiger partial charge in [-0.1, -0.05) is 24.3 Å². The van der Waals surface area contributed by atoms with Gasteiger partial charge < -0.3 is 19.3 Å². The second-order valence-corrected chi connectivity index (χ2v) is 7.78. The summed E-state index contributed by atoms with van der Waals surface area (Å²) >= 11 is 0. The molecule has 2 aliphatic rings. The quantitative estimate of drug-likeness (QED) is 0.779. The van der Waals surface area contributed by atoms with Crippen LogP contribution in [-0.4, -0.2) is 68.7 Å². The third-order valence-corrected chi connectivity index (χ3v) is 5.64. The summed E-state index contributed by atoms with van der Waals surface area (Å²) in [7, 11) is 1.86. The maximum atomic E-state index is 12.7. The number of nitrogens with zero attached hydrogens (tertiary/aromatic N) is 3. The summed E-state index contributed by atoms with van der Waals surface area (Å²) in [6.45, 7) is 8.03. The fourth-order valence-corrected chi connectivity index (χ4v) is 3.93. The molecule has 6 nitrogen and oxygen atoms in total. The molecule has 0 saturated carbocycles. The Morgan fingerprint density at radius 1 is 1.00 bits per heavy atom. The van der Waals surface area contributed by atoms with Crippen molar-refractivity contribution in [3.8, 4) is 11.5 Å². The standard InChI is InChI=1S/C23H29N3O3/c1-18-5-3-4-6-20(18)26-11-9-25(10-12-26)17-23(27)24(2)16-19-7-8-21-22(15-19)29-14-13-28-21/h3-8,15H,9-14,16-17H2,1-2H3. The number of benzene rings is 2. The van der Waals surface area contributed by atoms with Crippen molar-refractivity contribution >= 4 is 11.6 Å². The largest absolute Gasteiger partial charge is 0.486 e. The third-order valence-electron chi connectivity index (χ3n) is 5.64. The second-order valence-electron chi connectivity index (χ2n) is 7.78. The van der Waals surface area contributed by atoms with E-state index in [1.54, 1.807) is 4.90 Å². The Bertz CT molecular complexity index is 862. The summed E-state index contributed by atoms with van der Waals surface area (Å²) in [6.07, 6.45) is 0. The first-order valence-corrected chi connectivity index (χ1v) is 10.3. The number of para-hydroxylation sites is 1. The van der Waals surface area contributed by atoms with Gasteiger partial charge in [0.25, 0.3) is 0 Å². The lowest BCUT2D eigenvalue weighted by Gasteiger charge is -2.37. The number of anilines is 1. The van der Waals surface area contributed by atoms with Gasteiger partial charge >= 0.3 is 0 Å². The Kier molecular flexibility index (Phi) is 5.90. The van der Waals surface area contributed by atoms with Gasteiger partial charge in [-0.3, -0.25) is 9.69 Å². The van der Waals surface area contributed by atoms with E-state index in [0.29, 0.717) is 26.3 Å². The van der Waals surface area contributed by atoms with Crippen molar-refractivity contribution < 1.29 is 14.3 Å². The lowest BCUT2D eigenvalue weighted by Crippen LogP contribution is -2.49. The van der Waals surface area contributed by atoms with E-state index >= 15 is 0 Å². The predicted octanol–water partition coefficient (Wildman–Crippen LogP) is 2.55. The molecule has 2 aromatic carbocycles. The molecule has 2 heterocycles. The molecule has 1 saturated heterocycles. The molecule has 0 aromatic heterocycles. The monoisotopic (exact) mass is 395 g/mol. The molecule has 4 rings (SSSR count). The third kappa shape index (κ3) is 4.65. The summed E-state index contributed by atoms with van der Waals surface area (Å²) in [4.78, 5) is 19.2. The Morgan fingerprint density at radius 3 is 2.48 bits per heavy atom. The van der Waals surface area contributed by atoms with Gasteiger partial charge in [-0.05, 0) is 36.2 Å². The number of aryl methyl sites for hydroxylation is 1. The lowest BCUT2D eigenvalue weighted by molar-refractivity contribution is -0.131. The summed E-state index contributed by atoms with van der Waals surface area (Å²) in [5.41, 5.74) is 3.65. The maximum Gasteiger partial charge on any atom is 0.236 e. The fourth-order valence-electron chi connectivity index (χ4n) is 3.93. The minimum atomic E-state index is 0.143. The molecule has 154 valence electrons. The number of hydrogen-bond donors (Lipinski definition) is 0. The van der Waals surface area contributed by atoms with Crippen LogP contribution in [0.3, 0.4) is 0 Å². The van der Waals surface area contributed by atoms with Gasteiger partial charge in [0.15, 0.2) is 11.5 Å². The zero-order chi connectivity index (χ0) is 20.2. The van der Waals surface area contributed by atoms with E-state index in [1.807, 2.05) is 25.2 Å². The van der Waals surface area contributed by atoms with Crippen molar-refractivity contribution in [3.05, 3.63) is 53.6 Å². The van der Waals surface area contributed by atoms with Crippen LogP contribution in [0, 0.1) is 6.92 Å². The van der Waals surface area contributed by atoms with Gasteiger partial charge in [-0.15, -0.1) is 0 Å². The number of piperazine rings is 1. The van der Waals surface area contributed by atoms with Crippen LogP contribution < -0.4 is 14.4 Å². The number of likely N-dealkylation sites (N-methyl/N-ethyl adjacent to an activating group) is 1. The average Bonchev–Trinajstić information content (AvgIpc) is 2.74. The number of carbonyl (C=O) groups excluding carboxylic acids is 1. The van der Waals surface area contributed by atoms with Crippen LogP contribution >= 0.6 is 0 Å². The number of rotatable bonds is 5. The first-order chi connectivity index (χ1) is 14.1. The SMILES string of the molecule is Cc1ccccc1N1CCN(CC(=O)N(C)Cc2ccc3c(c2)OCCO3)CC1. The van der Waals surface area contributed by atoms with Gasteiger partial charge in [-0.25, -0.2) is 0 Å². The lowest BCUT2D eigenvalue weighted by atomic mass is 10.1. The van der Waals surface area contributed by atoms with Crippen molar-refractivity contribution in [3.63, 3.8) is 0 Å². The van der Waals surface area contributed by atoms with Crippen LogP contribution in [0.1, 0.15) is 11.1 Å². The highest BCUT2D eigenvalue weighted by molar-refractivity contribution is 5.78. The van der Waals surface area contributed by atoms with Gasteiger partial charge in [-0.2, -0.15) is 0 Å². The fraction of sp³-hybridized carbons (Fsp3) is 0.435. The van der Waals surface area contributed by atoms with Gasteiger partial charge in [0.05, 0.1) is 6.54 Å². The van der Waals surface area contributed by atoms with E-state index in [0.717, 1.165) is 43.2 Å². The molecule has 0 aliphatic carbocycles. The van der Waals surface area contributed by atoms with Crippen LogP contribution in [-0.2, 0) is 11.3 Å². The smallest absolute Gasteiger partial charge is 0.236 e.